The Labute approximate surface area is 252 Å². The van der Waals surface area contributed by atoms with E-state index in [1.807, 2.05) is 0 Å². The summed E-state index contributed by atoms with van der Waals surface area (Å²) in [5.41, 5.74) is 0. The van der Waals surface area contributed by atoms with E-state index in [4.69, 9.17) is 14.2 Å². The molecular formula is C35H64O6. The van der Waals surface area contributed by atoms with Crippen molar-refractivity contribution in [2.45, 2.75) is 180 Å². The van der Waals surface area contributed by atoms with Crippen LogP contribution in [0.1, 0.15) is 162 Å². The second-order valence-electron chi connectivity index (χ2n) is 12.5. The predicted molar refractivity (Wildman–Crippen MR) is 168 cm³/mol. The van der Waals surface area contributed by atoms with Gasteiger partial charge in [0.1, 0.15) is 6.61 Å². The summed E-state index contributed by atoms with van der Waals surface area (Å²) in [5, 5.41) is 9.50. The summed E-state index contributed by atoms with van der Waals surface area (Å²) in [6.07, 6.45) is 28.7. The van der Waals surface area contributed by atoms with Crippen molar-refractivity contribution in [2.24, 2.45) is 5.92 Å². The molecule has 0 aromatic carbocycles. The molecule has 0 aromatic heterocycles. The first kappa shape index (κ1) is 37.6. The Kier molecular flexibility index (Phi) is 24.1. The van der Waals surface area contributed by atoms with Crippen LogP contribution in [0.2, 0.25) is 0 Å². The van der Waals surface area contributed by atoms with E-state index in [-0.39, 0.29) is 25.2 Å². The molecule has 6 nitrogen and oxygen atoms in total. The molecule has 0 aliphatic carbocycles. The van der Waals surface area contributed by atoms with Crippen molar-refractivity contribution in [3.63, 3.8) is 0 Å². The van der Waals surface area contributed by atoms with Crippen molar-refractivity contribution in [2.75, 3.05) is 13.2 Å². The number of carbonyl (C=O) groups is 2. The molecule has 1 aliphatic rings. The molecule has 41 heavy (non-hydrogen) atoms. The topological polar surface area (TPSA) is 85.4 Å². The number of aliphatic hydroxyl groups is 1. The van der Waals surface area contributed by atoms with Crippen molar-refractivity contribution < 1.29 is 28.9 Å². The molecule has 3 atom stereocenters. The van der Waals surface area contributed by atoms with E-state index >= 15 is 0 Å². The quantitative estimate of drug-likeness (QED) is 0.0411. The number of unbranched alkanes of at least 4 members (excludes halogenated alkanes) is 14. The first-order chi connectivity index (χ1) is 20.0. The van der Waals surface area contributed by atoms with Gasteiger partial charge in [-0.15, -0.1) is 0 Å². The van der Waals surface area contributed by atoms with Crippen molar-refractivity contribution in [3.05, 3.63) is 12.2 Å². The molecule has 1 saturated heterocycles. The van der Waals surface area contributed by atoms with Gasteiger partial charge in [0.2, 0.25) is 0 Å². The van der Waals surface area contributed by atoms with E-state index in [2.05, 4.69) is 32.9 Å². The second kappa shape index (κ2) is 26.2. The number of aliphatic hydroxyl groups excluding tert-OH is 1. The average Bonchev–Trinajstić information content (AvgIpc) is 3.70. The normalized spacial score (nSPS) is 17.3. The van der Waals surface area contributed by atoms with Gasteiger partial charge >= 0.3 is 11.9 Å². The van der Waals surface area contributed by atoms with Crippen LogP contribution in [0.4, 0.5) is 0 Å². The number of hydrogen-bond acceptors (Lipinski definition) is 6. The van der Waals surface area contributed by atoms with Crippen molar-refractivity contribution in [1.82, 2.24) is 0 Å². The van der Waals surface area contributed by atoms with Crippen molar-refractivity contribution >= 4 is 11.9 Å². The van der Waals surface area contributed by atoms with E-state index in [0.717, 1.165) is 57.3 Å². The van der Waals surface area contributed by atoms with E-state index < -0.39 is 6.10 Å². The lowest BCUT2D eigenvalue weighted by Gasteiger charge is -2.15. The Bertz CT molecular complexity index is 661. The molecule has 1 rings (SSSR count). The number of rotatable bonds is 29. The number of epoxide rings is 1. The standard InChI is InChI=1S/C35H64O6/c1-4-5-18-24-32-33(41-32)25-20-15-11-7-9-12-16-21-26-34(37)39-29-31(28-36)40-35(38)27-22-17-13-8-6-10-14-19-23-30(2)3/h15,20,30-33,36H,4-14,16-19,21-29H2,1-3H3/b20-15-/t31-,32?,33?/m0/s1. The van der Waals surface area contributed by atoms with Crippen LogP contribution in [0.3, 0.4) is 0 Å². The van der Waals surface area contributed by atoms with Crippen LogP contribution >= 0.6 is 0 Å². The maximum Gasteiger partial charge on any atom is 0.306 e. The fourth-order valence-corrected chi connectivity index (χ4v) is 5.16. The van der Waals surface area contributed by atoms with E-state index in [1.54, 1.807) is 0 Å². The van der Waals surface area contributed by atoms with Crippen LogP contribution in [-0.2, 0) is 23.8 Å². The van der Waals surface area contributed by atoms with Gasteiger partial charge in [-0.1, -0.05) is 123 Å². The number of allylic oxidation sites excluding steroid dienone is 1. The van der Waals surface area contributed by atoms with Gasteiger partial charge in [-0.2, -0.15) is 0 Å². The van der Waals surface area contributed by atoms with Crippen LogP contribution < -0.4 is 0 Å². The SMILES string of the molecule is CCCCCC1OC1C/C=C\CCCCCCCC(=O)OC[C@H](CO)OC(=O)CCCCCCCCCCC(C)C. The summed E-state index contributed by atoms with van der Waals surface area (Å²) in [6.45, 7) is 6.38. The van der Waals surface area contributed by atoms with Crippen molar-refractivity contribution in [1.29, 1.82) is 0 Å². The van der Waals surface area contributed by atoms with Crippen LogP contribution in [0, 0.1) is 5.92 Å². The zero-order valence-electron chi connectivity index (χ0n) is 26.9. The highest BCUT2D eigenvalue weighted by Gasteiger charge is 2.36. The fourth-order valence-electron chi connectivity index (χ4n) is 5.16. The van der Waals surface area contributed by atoms with Crippen LogP contribution in [-0.4, -0.2) is 48.6 Å². The second-order valence-corrected chi connectivity index (χ2v) is 12.5. The van der Waals surface area contributed by atoms with Gasteiger partial charge in [0.25, 0.3) is 0 Å². The van der Waals surface area contributed by atoms with Gasteiger partial charge in [0.05, 0.1) is 18.8 Å². The highest BCUT2D eigenvalue weighted by molar-refractivity contribution is 5.70. The zero-order chi connectivity index (χ0) is 30.0. The van der Waals surface area contributed by atoms with Gasteiger partial charge in [-0.3, -0.25) is 9.59 Å². The van der Waals surface area contributed by atoms with Crippen LogP contribution in [0.15, 0.2) is 12.2 Å². The van der Waals surface area contributed by atoms with Gasteiger partial charge in [-0.25, -0.2) is 0 Å². The van der Waals surface area contributed by atoms with E-state index in [1.165, 1.54) is 77.0 Å². The van der Waals surface area contributed by atoms with E-state index in [9.17, 15) is 14.7 Å². The fraction of sp³-hybridized carbons (Fsp3) is 0.886. The van der Waals surface area contributed by atoms with Crippen LogP contribution in [0.5, 0.6) is 0 Å². The predicted octanol–water partition coefficient (Wildman–Crippen LogP) is 9.02. The lowest BCUT2D eigenvalue weighted by molar-refractivity contribution is -0.161. The van der Waals surface area contributed by atoms with Gasteiger partial charge in [0.15, 0.2) is 6.10 Å². The summed E-state index contributed by atoms with van der Waals surface area (Å²) < 4.78 is 16.3. The summed E-state index contributed by atoms with van der Waals surface area (Å²) in [6, 6.07) is 0. The smallest absolute Gasteiger partial charge is 0.306 e. The zero-order valence-corrected chi connectivity index (χ0v) is 26.9. The first-order valence-corrected chi connectivity index (χ1v) is 17.2. The molecule has 0 spiro atoms. The molecule has 0 saturated carbocycles. The van der Waals surface area contributed by atoms with Gasteiger partial charge < -0.3 is 19.3 Å². The minimum Gasteiger partial charge on any atom is -0.462 e. The summed E-state index contributed by atoms with van der Waals surface area (Å²) in [5.74, 6) is 0.190. The third kappa shape index (κ3) is 23.8. The lowest BCUT2D eigenvalue weighted by Crippen LogP contribution is -2.28. The summed E-state index contributed by atoms with van der Waals surface area (Å²) in [4.78, 5) is 24.1. The Balaban J connectivity index is 1.90. The molecule has 1 aliphatic heterocycles. The van der Waals surface area contributed by atoms with Crippen LogP contribution in [0.25, 0.3) is 0 Å². The summed E-state index contributed by atoms with van der Waals surface area (Å²) >= 11 is 0. The number of hydrogen-bond donors (Lipinski definition) is 1. The molecule has 0 bridgehead atoms. The van der Waals surface area contributed by atoms with E-state index in [0.29, 0.717) is 25.0 Å². The Morgan fingerprint density at radius 3 is 2.00 bits per heavy atom. The maximum atomic E-state index is 12.1. The monoisotopic (exact) mass is 580 g/mol. The Hall–Kier alpha value is -1.40. The molecule has 0 amide bonds. The molecule has 1 fully saturated rings. The minimum atomic E-state index is -0.774. The third-order valence-corrected chi connectivity index (χ3v) is 7.91. The Morgan fingerprint density at radius 2 is 1.37 bits per heavy atom. The molecule has 1 heterocycles. The molecule has 240 valence electrons. The lowest BCUT2D eigenvalue weighted by atomic mass is 10.0. The van der Waals surface area contributed by atoms with Gasteiger partial charge in [-0.05, 0) is 44.4 Å². The van der Waals surface area contributed by atoms with Crippen molar-refractivity contribution in [3.8, 4) is 0 Å². The molecular weight excluding hydrogens is 516 g/mol. The minimum absolute atomic E-state index is 0.0738. The van der Waals surface area contributed by atoms with Gasteiger partial charge in [0, 0.05) is 12.8 Å². The molecule has 2 unspecified atom stereocenters. The highest BCUT2D eigenvalue weighted by Crippen LogP contribution is 2.30. The largest absolute Gasteiger partial charge is 0.462 e. The number of esters is 2. The molecule has 1 N–H and O–H groups in total. The Morgan fingerprint density at radius 1 is 0.756 bits per heavy atom. The third-order valence-electron chi connectivity index (χ3n) is 7.91. The molecule has 0 aromatic rings. The number of carbonyl (C=O) groups excluding carboxylic acids is 2. The first-order valence-electron chi connectivity index (χ1n) is 17.2. The highest BCUT2D eigenvalue weighted by atomic mass is 16.6. The molecule has 0 radical (unpaired) electrons. The molecule has 6 heteroatoms. The maximum absolute atomic E-state index is 12.1. The number of ether oxygens (including phenoxy) is 3. The average molecular weight is 581 g/mol. The summed E-state index contributed by atoms with van der Waals surface area (Å²) in [7, 11) is 0.